The summed E-state index contributed by atoms with van der Waals surface area (Å²) in [6, 6.07) is 6.41. The van der Waals surface area contributed by atoms with Gasteiger partial charge in [0.05, 0.1) is 11.0 Å². The molecule has 0 spiro atoms. The number of benzene rings is 1. The van der Waals surface area contributed by atoms with Crippen molar-refractivity contribution >= 4 is 10.0 Å². The van der Waals surface area contributed by atoms with E-state index in [0.717, 1.165) is 25.9 Å². The molecule has 0 saturated carbocycles. The van der Waals surface area contributed by atoms with Gasteiger partial charge in [-0.3, -0.25) is 0 Å². The van der Waals surface area contributed by atoms with Crippen molar-refractivity contribution in [3.8, 4) is 0 Å². The molecule has 1 heterocycles. The van der Waals surface area contributed by atoms with Gasteiger partial charge in [0.1, 0.15) is 0 Å². The lowest BCUT2D eigenvalue weighted by molar-refractivity contribution is 0.199. The highest BCUT2D eigenvalue weighted by Gasteiger charge is 2.24. The molecule has 112 valence electrons. The van der Waals surface area contributed by atoms with Gasteiger partial charge >= 0.3 is 0 Å². The normalized spacial score (nSPS) is 22.6. The van der Waals surface area contributed by atoms with Gasteiger partial charge in [-0.05, 0) is 51.1 Å². The molecule has 1 aromatic rings. The van der Waals surface area contributed by atoms with Gasteiger partial charge in [-0.15, -0.1) is 0 Å². The third-order valence-electron chi connectivity index (χ3n) is 3.60. The number of sulfonamides is 1. The highest BCUT2D eigenvalue weighted by Crippen LogP contribution is 2.18. The van der Waals surface area contributed by atoms with Crippen molar-refractivity contribution in [2.45, 2.75) is 36.8 Å². The van der Waals surface area contributed by atoms with E-state index in [4.69, 9.17) is 0 Å². The summed E-state index contributed by atoms with van der Waals surface area (Å²) >= 11 is 0. The van der Waals surface area contributed by atoms with Gasteiger partial charge in [0.25, 0.3) is 0 Å². The molecule has 0 amide bonds. The molecule has 6 heteroatoms. The van der Waals surface area contributed by atoms with Crippen LogP contribution in [0, 0.1) is 0 Å². The molecule has 0 radical (unpaired) electrons. The predicted molar refractivity (Wildman–Crippen MR) is 77.9 cm³/mol. The molecule has 2 atom stereocenters. The van der Waals surface area contributed by atoms with E-state index in [1.54, 1.807) is 25.1 Å². The summed E-state index contributed by atoms with van der Waals surface area (Å²) in [4.78, 5) is 2.34. The number of aliphatic hydroxyl groups excluding tert-OH is 1. The lowest BCUT2D eigenvalue weighted by atomic mass is 10.1. The van der Waals surface area contributed by atoms with Crippen LogP contribution in [0.1, 0.15) is 31.4 Å². The van der Waals surface area contributed by atoms with Gasteiger partial charge in [0.15, 0.2) is 0 Å². The molecule has 1 aliphatic rings. The predicted octanol–water partition coefficient (Wildman–Crippen LogP) is 1.11. The first kappa shape index (κ1) is 15.4. The first-order valence-corrected chi connectivity index (χ1v) is 8.36. The zero-order valence-corrected chi connectivity index (χ0v) is 12.7. The molecule has 1 aromatic carbocycles. The molecule has 20 heavy (non-hydrogen) atoms. The van der Waals surface area contributed by atoms with E-state index in [1.807, 2.05) is 7.05 Å². The van der Waals surface area contributed by atoms with Crippen LogP contribution in [0.3, 0.4) is 0 Å². The summed E-state index contributed by atoms with van der Waals surface area (Å²) in [5.74, 6) is 0. The summed E-state index contributed by atoms with van der Waals surface area (Å²) in [7, 11) is -1.53. The van der Waals surface area contributed by atoms with Gasteiger partial charge in [-0.2, -0.15) is 0 Å². The molecule has 1 saturated heterocycles. The minimum absolute atomic E-state index is 0.0473. The average Bonchev–Trinajstić information content (AvgIpc) is 2.38. The first-order chi connectivity index (χ1) is 9.38. The summed E-state index contributed by atoms with van der Waals surface area (Å²) < 4.78 is 27.5. The largest absolute Gasteiger partial charge is 0.389 e. The van der Waals surface area contributed by atoms with Crippen LogP contribution in [-0.4, -0.2) is 44.6 Å². The second-order valence-electron chi connectivity index (χ2n) is 5.47. The van der Waals surface area contributed by atoms with Crippen molar-refractivity contribution in [1.82, 2.24) is 9.62 Å². The Morgan fingerprint density at radius 2 is 2.20 bits per heavy atom. The number of likely N-dealkylation sites (tertiary alicyclic amines) is 1. The van der Waals surface area contributed by atoms with Crippen LogP contribution in [0.5, 0.6) is 0 Å². The molecule has 2 rings (SSSR count). The number of aliphatic hydroxyl groups is 1. The van der Waals surface area contributed by atoms with E-state index in [1.165, 1.54) is 6.07 Å². The Labute approximate surface area is 120 Å². The molecule has 1 fully saturated rings. The number of rotatable bonds is 4. The second-order valence-corrected chi connectivity index (χ2v) is 7.19. The quantitative estimate of drug-likeness (QED) is 0.874. The maximum Gasteiger partial charge on any atom is 0.240 e. The number of piperidine rings is 1. The van der Waals surface area contributed by atoms with E-state index >= 15 is 0 Å². The number of likely N-dealkylation sites (N-methyl/N-ethyl adjacent to an activating group) is 1. The van der Waals surface area contributed by atoms with Crippen LogP contribution in [0.15, 0.2) is 29.2 Å². The van der Waals surface area contributed by atoms with Crippen LogP contribution in [0.4, 0.5) is 0 Å². The van der Waals surface area contributed by atoms with E-state index in [0.29, 0.717) is 5.56 Å². The molecule has 0 bridgehead atoms. The van der Waals surface area contributed by atoms with Crippen molar-refractivity contribution in [3.63, 3.8) is 0 Å². The molecule has 1 aliphatic heterocycles. The lowest BCUT2D eigenvalue weighted by Gasteiger charge is -2.30. The first-order valence-electron chi connectivity index (χ1n) is 6.87. The third kappa shape index (κ3) is 3.79. The SMILES string of the molecule is CC(O)c1cccc(S(=O)(=O)NC2CCCN(C)C2)c1. The number of nitrogens with zero attached hydrogens (tertiary/aromatic N) is 1. The van der Waals surface area contributed by atoms with E-state index in [2.05, 4.69) is 9.62 Å². The number of nitrogens with one attached hydrogen (secondary N) is 1. The van der Waals surface area contributed by atoms with Gasteiger partial charge in [-0.25, -0.2) is 13.1 Å². The highest BCUT2D eigenvalue weighted by molar-refractivity contribution is 7.89. The summed E-state index contributed by atoms with van der Waals surface area (Å²) in [5, 5.41) is 9.55. The molecule has 0 aliphatic carbocycles. The summed E-state index contributed by atoms with van der Waals surface area (Å²) in [6.45, 7) is 3.36. The van der Waals surface area contributed by atoms with Crippen molar-refractivity contribution < 1.29 is 13.5 Å². The fourth-order valence-corrected chi connectivity index (χ4v) is 3.81. The zero-order chi connectivity index (χ0) is 14.8. The Bertz CT molecular complexity index is 557. The fraction of sp³-hybridized carbons (Fsp3) is 0.571. The van der Waals surface area contributed by atoms with Crippen LogP contribution in [-0.2, 0) is 10.0 Å². The molecule has 5 nitrogen and oxygen atoms in total. The van der Waals surface area contributed by atoms with Crippen molar-refractivity contribution in [2.24, 2.45) is 0 Å². The Morgan fingerprint density at radius 1 is 1.45 bits per heavy atom. The average molecular weight is 298 g/mol. The monoisotopic (exact) mass is 298 g/mol. The van der Waals surface area contributed by atoms with Gasteiger partial charge in [0, 0.05) is 12.6 Å². The van der Waals surface area contributed by atoms with Crippen LogP contribution < -0.4 is 4.72 Å². The molecule has 2 unspecified atom stereocenters. The van der Waals surface area contributed by atoms with Crippen molar-refractivity contribution in [1.29, 1.82) is 0 Å². The Kier molecular flexibility index (Phi) is 4.80. The zero-order valence-electron chi connectivity index (χ0n) is 11.9. The molecule has 2 N–H and O–H groups in total. The Balaban J connectivity index is 2.15. The van der Waals surface area contributed by atoms with Crippen molar-refractivity contribution in [2.75, 3.05) is 20.1 Å². The Morgan fingerprint density at radius 3 is 2.85 bits per heavy atom. The minimum Gasteiger partial charge on any atom is -0.389 e. The van der Waals surface area contributed by atoms with Crippen molar-refractivity contribution in [3.05, 3.63) is 29.8 Å². The minimum atomic E-state index is -3.53. The number of hydrogen-bond donors (Lipinski definition) is 2. The molecular formula is C14H22N2O3S. The Hall–Kier alpha value is -0.950. The highest BCUT2D eigenvalue weighted by atomic mass is 32.2. The maximum absolute atomic E-state index is 12.4. The van der Waals surface area contributed by atoms with E-state index < -0.39 is 16.1 Å². The standard InChI is InChI=1S/C14H22N2O3S/c1-11(17)12-5-3-7-14(9-12)20(18,19)15-13-6-4-8-16(2)10-13/h3,5,7,9,11,13,15,17H,4,6,8,10H2,1-2H3. The van der Waals surface area contributed by atoms with Crippen LogP contribution in [0.25, 0.3) is 0 Å². The summed E-state index contributed by atoms with van der Waals surface area (Å²) in [6.07, 6.45) is 1.18. The lowest BCUT2D eigenvalue weighted by Crippen LogP contribution is -2.46. The van der Waals surface area contributed by atoms with E-state index in [-0.39, 0.29) is 10.9 Å². The topological polar surface area (TPSA) is 69.6 Å². The molecule has 0 aromatic heterocycles. The molecular weight excluding hydrogens is 276 g/mol. The maximum atomic E-state index is 12.4. The van der Waals surface area contributed by atoms with Gasteiger partial charge in [-0.1, -0.05) is 12.1 Å². The van der Waals surface area contributed by atoms with E-state index in [9.17, 15) is 13.5 Å². The number of hydrogen-bond acceptors (Lipinski definition) is 4. The van der Waals surface area contributed by atoms with Crippen LogP contribution >= 0.6 is 0 Å². The van der Waals surface area contributed by atoms with Crippen LogP contribution in [0.2, 0.25) is 0 Å². The fourth-order valence-electron chi connectivity index (χ4n) is 2.49. The van der Waals surface area contributed by atoms with Gasteiger partial charge < -0.3 is 10.0 Å². The smallest absolute Gasteiger partial charge is 0.240 e. The summed E-state index contributed by atoms with van der Waals surface area (Å²) in [5.41, 5.74) is 0.605. The van der Waals surface area contributed by atoms with Gasteiger partial charge in [0.2, 0.25) is 10.0 Å². The second kappa shape index (κ2) is 6.22. The third-order valence-corrected chi connectivity index (χ3v) is 5.12.